The number of ether oxygens (including phenoxy) is 3. The number of oxazole rings is 1. The highest BCUT2D eigenvalue weighted by atomic mass is 16.5. The molecule has 0 amide bonds. The molecule has 0 bridgehead atoms. The number of carbonyl (C=O) groups is 1. The maximum absolute atomic E-state index is 12.2. The average molecular weight is 606 g/mol. The molecule has 8 rings (SSSR count). The van der Waals surface area contributed by atoms with E-state index in [9.17, 15) is 4.79 Å². The van der Waals surface area contributed by atoms with E-state index in [1.54, 1.807) is 6.07 Å². The van der Waals surface area contributed by atoms with Gasteiger partial charge in [0.25, 0.3) is 0 Å². The third-order valence-electron chi connectivity index (χ3n) is 8.95. The summed E-state index contributed by atoms with van der Waals surface area (Å²) in [4.78, 5) is 29.1. The van der Waals surface area contributed by atoms with Crippen LogP contribution in [0, 0.1) is 0 Å². The van der Waals surface area contributed by atoms with Crippen molar-refractivity contribution in [2.24, 2.45) is 0 Å². The number of para-hydroxylation sites is 1. The molecule has 230 valence electrons. The standard InChI is InChI=1S/C35H35N5O5/c1-42-35(41)24-10-11-28-30(18-24)40(19-26-14-17-43-26)31(36-28)20-39-15-12-22(13-16-39)27-5-3-7-32(37-27)44-21-25-4-2-6-29-33(25)45-34(38-29)23-8-9-23/h2-7,10-12,18,23,26H,8-9,13-17,19-21H2,1H3/t26-/m0/s1. The van der Waals surface area contributed by atoms with Crippen molar-refractivity contribution in [3.05, 3.63) is 89.2 Å². The summed E-state index contributed by atoms with van der Waals surface area (Å²) in [7, 11) is 1.40. The highest BCUT2D eigenvalue weighted by molar-refractivity contribution is 5.93. The zero-order chi connectivity index (χ0) is 30.3. The van der Waals surface area contributed by atoms with Crippen molar-refractivity contribution >= 4 is 33.7 Å². The first-order chi connectivity index (χ1) is 22.1. The molecule has 1 saturated carbocycles. The molecule has 0 spiro atoms. The van der Waals surface area contributed by atoms with E-state index < -0.39 is 0 Å². The Hall–Kier alpha value is -4.54. The lowest BCUT2D eigenvalue weighted by atomic mass is 10.0. The molecular formula is C35H35N5O5. The fourth-order valence-corrected chi connectivity index (χ4v) is 6.13. The van der Waals surface area contributed by atoms with Gasteiger partial charge in [0.15, 0.2) is 11.5 Å². The zero-order valence-electron chi connectivity index (χ0n) is 25.3. The smallest absolute Gasteiger partial charge is 0.337 e. The Labute approximate surface area is 260 Å². The van der Waals surface area contributed by atoms with Gasteiger partial charge in [0, 0.05) is 37.2 Å². The number of nitrogens with zero attached hydrogens (tertiary/aromatic N) is 5. The molecule has 1 atom stereocenters. The number of fused-ring (bicyclic) bond motifs is 2. The SMILES string of the molecule is COC(=O)c1ccc2nc(CN3CC=C(c4cccc(OCc5cccc6nc(C7CC7)oc56)n4)CC3)n(C[C@@H]3CCO3)c2c1. The van der Waals surface area contributed by atoms with Gasteiger partial charge in [-0.1, -0.05) is 24.3 Å². The third-order valence-corrected chi connectivity index (χ3v) is 8.95. The van der Waals surface area contributed by atoms with Crippen LogP contribution in [0.3, 0.4) is 0 Å². The molecule has 0 radical (unpaired) electrons. The molecule has 1 saturated heterocycles. The second-order valence-corrected chi connectivity index (χ2v) is 12.1. The van der Waals surface area contributed by atoms with Crippen LogP contribution in [0.15, 0.2) is 65.1 Å². The van der Waals surface area contributed by atoms with E-state index in [4.69, 9.17) is 28.6 Å². The maximum Gasteiger partial charge on any atom is 0.337 e. The lowest BCUT2D eigenvalue weighted by molar-refractivity contribution is -0.0591. The molecule has 45 heavy (non-hydrogen) atoms. The Bertz CT molecular complexity index is 1920. The predicted octanol–water partition coefficient (Wildman–Crippen LogP) is 5.89. The number of hydrogen-bond donors (Lipinski definition) is 0. The Morgan fingerprint density at radius 3 is 2.69 bits per heavy atom. The molecule has 5 heterocycles. The number of pyridine rings is 1. The quantitative estimate of drug-likeness (QED) is 0.180. The van der Waals surface area contributed by atoms with E-state index >= 15 is 0 Å². The van der Waals surface area contributed by atoms with Crippen molar-refractivity contribution in [2.45, 2.75) is 57.4 Å². The molecule has 2 aliphatic heterocycles. The fourth-order valence-electron chi connectivity index (χ4n) is 6.13. The molecule has 2 fully saturated rings. The summed E-state index contributed by atoms with van der Waals surface area (Å²) in [6.45, 7) is 4.24. The summed E-state index contributed by atoms with van der Waals surface area (Å²) in [6, 6.07) is 17.5. The van der Waals surface area contributed by atoms with E-state index in [0.717, 1.165) is 90.5 Å². The summed E-state index contributed by atoms with van der Waals surface area (Å²) < 4.78 is 25.2. The second kappa shape index (κ2) is 11.8. The fraction of sp³-hybridized carbons (Fsp3) is 0.371. The highest BCUT2D eigenvalue weighted by Crippen LogP contribution is 2.41. The molecule has 10 heteroatoms. The molecule has 1 aliphatic carbocycles. The van der Waals surface area contributed by atoms with Crippen LogP contribution in [0.5, 0.6) is 5.88 Å². The van der Waals surface area contributed by atoms with Crippen molar-refractivity contribution in [2.75, 3.05) is 26.8 Å². The Balaban J connectivity index is 0.956. The van der Waals surface area contributed by atoms with Gasteiger partial charge in [-0.2, -0.15) is 0 Å². The van der Waals surface area contributed by atoms with E-state index in [0.29, 0.717) is 37.1 Å². The molecule has 2 aromatic carbocycles. The van der Waals surface area contributed by atoms with Crippen LogP contribution in [0.4, 0.5) is 0 Å². The van der Waals surface area contributed by atoms with Crippen LogP contribution in [-0.4, -0.2) is 63.3 Å². The number of hydrogen-bond acceptors (Lipinski definition) is 9. The van der Waals surface area contributed by atoms with Crippen LogP contribution in [0.2, 0.25) is 0 Å². The van der Waals surface area contributed by atoms with Gasteiger partial charge < -0.3 is 23.2 Å². The largest absolute Gasteiger partial charge is 0.473 e. The van der Waals surface area contributed by atoms with Crippen molar-refractivity contribution in [1.29, 1.82) is 0 Å². The zero-order valence-corrected chi connectivity index (χ0v) is 25.3. The van der Waals surface area contributed by atoms with Gasteiger partial charge in [-0.3, -0.25) is 4.90 Å². The number of aromatic nitrogens is 4. The normalized spacial score (nSPS) is 18.6. The van der Waals surface area contributed by atoms with E-state index in [1.807, 2.05) is 48.5 Å². The minimum atomic E-state index is -0.350. The molecule has 10 nitrogen and oxygen atoms in total. The summed E-state index contributed by atoms with van der Waals surface area (Å²) in [5.41, 5.74) is 7.14. The van der Waals surface area contributed by atoms with Crippen LogP contribution < -0.4 is 4.74 Å². The van der Waals surface area contributed by atoms with Gasteiger partial charge >= 0.3 is 5.97 Å². The first kappa shape index (κ1) is 28.0. The summed E-state index contributed by atoms with van der Waals surface area (Å²) in [5, 5.41) is 0. The number of benzene rings is 2. The van der Waals surface area contributed by atoms with Crippen LogP contribution in [-0.2, 0) is 29.2 Å². The van der Waals surface area contributed by atoms with E-state index in [2.05, 4.69) is 20.5 Å². The maximum atomic E-state index is 12.2. The van der Waals surface area contributed by atoms with Crippen LogP contribution in [0.1, 0.15) is 64.9 Å². The average Bonchev–Trinajstić information content (AvgIpc) is 3.72. The molecule has 0 unspecified atom stereocenters. The lowest BCUT2D eigenvalue weighted by Gasteiger charge is -2.29. The van der Waals surface area contributed by atoms with E-state index in [1.165, 1.54) is 12.7 Å². The minimum absolute atomic E-state index is 0.167. The van der Waals surface area contributed by atoms with Gasteiger partial charge in [-0.15, -0.1) is 0 Å². The Morgan fingerprint density at radius 1 is 1.02 bits per heavy atom. The van der Waals surface area contributed by atoms with Gasteiger partial charge in [0.1, 0.15) is 17.9 Å². The van der Waals surface area contributed by atoms with Gasteiger partial charge in [-0.05, 0) is 61.6 Å². The number of rotatable bonds is 10. The van der Waals surface area contributed by atoms with E-state index in [-0.39, 0.29) is 12.1 Å². The van der Waals surface area contributed by atoms with Gasteiger partial charge in [0.05, 0.1) is 48.6 Å². The first-order valence-electron chi connectivity index (χ1n) is 15.7. The lowest BCUT2D eigenvalue weighted by Crippen LogP contribution is -2.33. The Kier molecular flexibility index (Phi) is 7.31. The molecular weight excluding hydrogens is 570 g/mol. The van der Waals surface area contributed by atoms with Crippen molar-refractivity contribution in [3.63, 3.8) is 0 Å². The summed E-state index contributed by atoms with van der Waals surface area (Å²) in [6.07, 6.45) is 6.62. The predicted molar refractivity (Wildman–Crippen MR) is 168 cm³/mol. The topological polar surface area (TPSA) is 105 Å². The monoisotopic (exact) mass is 605 g/mol. The number of methoxy groups -OCH3 is 1. The molecule has 0 N–H and O–H groups in total. The number of esters is 1. The molecule has 5 aromatic rings. The van der Waals surface area contributed by atoms with Gasteiger partial charge in [0.2, 0.25) is 5.88 Å². The molecule has 3 aliphatic rings. The third kappa shape index (κ3) is 5.71. The summed E-state index contributed by atoms with van der Waals surface area (Å²) >= 11 is 0. The second-order valence-electron chi connectivity index (χ2n) is 12.1. The molecule has 3 aromatic heterocycles. The minimum Gasteiger partial charge on any atom is -0.473 e. The van der Waals surface area contributed by atoms with Crippen molar-refractivity contribution < 1.29 is 23.4 Å². The van der Waals surface area contributed by atoms with Crippen LogP contribution >= 0.6 is 0 Å². The summed E-state index contributed by atoms with van der Waals surface area (Å²) in [5.74, 6) is 2.52. The first-order valence-corrected chi connectivity index (χ1v) is 15.7. The van der Waals surface area contributed by atoms with Crippen molar-refractivity contribution in [3.8, 4) is 5.88 Å². The van der Waals surface area contributed by atoms with Gasteiger partial charge in [-0.25, -0.2) is 19.7 Å². The Morgan fingerprint density at radius 2 is 1.91 bits per heavy atom. The number of carbonyl (C=O) groups excluding carboxylic acids is 1. The van der Waals surface area contributed by atoms with Crippen LogP contribution in [0.25, 0.3) is 27.7 Å². The highest BCUT2D eigenvalue weighted by Gasteiger charge is 2.29. The van der Waals surface area contributed by atoms with Crippen molar-refractivity contribution in [1.82, 2.24) is 24.4 Å². The number of imidazole rings is 1.